The van der Waals surface area contributed by atoms with E-state index in [1.54, 1.807) is 0 Å². The summed E-state index contributed by atoms with van der Waals surface area (Å²) < 4.78 is 38.9. The highest BCUT2D eigenvalue weighted by molar-refractivity contribution is 7.89. The molecule has 29 heavy (non-hydrogen) atoms. The van der Waals surface area contributed by atoms with Crippen molar-refractivity contribution in [3.05, 3.63) is 35.9 Å². The van der Waals surface area contributed by atoms with Gasteiger partial charge in [0.05, 0.1) is 25.0 Å². The molecule has 1 aromatic rings. The van der Waals surface area contributed by atoms with Gasteiger partial charge in [-0.1, -0.05) is 30.3 Å². The molecule has 2 fully saturated rings. The van der Waals surface area contributed by atoms with Gasteiger partial charge >= 0.3 is 0 Å². The number of aliphatic imine (C=N–C) groups is 1. The molecular weight excluding hydrogens is 392 g/mol. The van der Waals surface area contributed by atoms with Gasteiger partial charge in [-0.05, 0) is 25.3 Å². The van der Waals surface area contributed by atoms with Gasteiger partial charge in [0.1, 0.15) is 6.10 Å². The van der Waals surface area contributed by atoms with Gasteiger partial charge in [-0.2, -0.15) is 0 Å². The number of nitrogens with one attached hydrogen (secondary N) is 2. The maximum absolute atomic E-state index is 12.3. The van der Waals surface area contributed by atoms with Crippen LogP contribution in [0.25, 0.3) is 0 Å². The van der Waals surface area contributed by atoms with E-state index in [1.807, 2.05) is 37.3 Å². The average Bonchev–Trinajstić information content (AvgIpc) is 3.28. The molecule has 3 rings (SSSR count). The number of hydrogen-bond donors (Lipinski definition) is 2. The SMILES string of the molecule is CCNC(=NCCS(=O)(=O)NCc1ccccc1)N1CCOC(C2CCCO2)C1. The summed E-state index contributed by atoms with van der Waals surface area (Å²) in [5, 5.41) is 3.27. The predicted molar refractivity (Wildman–Crippen MR) is 113 cm³/mol. The average molecular weight is 425 g/mol. The maximum Gasteiger partial charge on any atom is 0.213 e. The summed E-state index contributed by atoms with van der Waals surface area (Å²) >= 11 is 0. The first-order chi connectivity index (χ1) is 14.1. The topological polar surface area (TPSA) is 92.3 Å². The third-order valence-corrected chi connectivity index (χ3v) is 6.37. The standard InChI is InChI=1S/C20H32N4O4S/c1-2-21-20(24-11-13-28-19(16-24)18-9-6-12-27-18)22-10-14-29(25,26)23-15-17-7-4-3-5-8-17/h3-5,7-8,18-19,23H,2,6,9-16H2,1H3,(H,21,22). The number of nitrogens with zero attached hydrogens (tertiary/aromatic N) is 2. The Labute approximate surface area is 173 Å². The second-order valence-electron chi connectivity index (χ2n) is 7.27. The molecule has 0 amide bonds. The molecule has 162 valence electrons. The minimum absolute atomic E-state index is 0.0337. The van der Waals surface area contributed by atoms with Crippen LogP contribution in [0.1, 0.15) is 25.3 Å². The molecule has 2 saturated heterocycles. The number of ether oxygens (including phenoxy) is 2. The number of hydrogen-bond acceptors (Lipinski definition) is 5. The van der Waals surface area contributed by atoms with Gasteiger partial charge in [0.15, 0.2) is 5.96 Å². The van der Waals surface area contributed by atoms with Gasteiger partial charge in [-0.15, -0.1) is 0 Å². The van der Waals surface area contributed by atoms with Crippen molar-refractivity contribution in [2.45, 2.75) is 38.5 Å². The Morgan fingerprint density at radius 2 is 2.00 bits per heavy atom. The lowest BCUT2D eigenvalue weighted by Crippen LogP contribution is -2.53. The molecule has 0 radical (unpaired) electrons. The normalized spacial score (nSPS) is 23.3. The smallest absolute Gasteiger partial charge is 0.213 e. The second-order valence-corrected chi connectivity index (χ2v) is 9.19. The monoisotopic (exact) mass is 424 g/mol. The van der Waals surface area contributed by atoms with Gasteiger partial charge in [-0.3, -0.25) is 4.99 Å². The minimum Gasteiger partial charge on any atom is -0.375 e. The first-order valence-corrected chi connectivity index (χ1v) is 12.0. The zero-order chi connectivity index (χ0) is 20.5. The highest BCUT2D eigenvalue weighted by atomic mass is 32.2. The molecule has 2 N–H and O–H groups in total. The fraction of sp³-hybridized carbons (Fsp3) is 0.650. The van der Waals surface area contributed by atoms with Crippen LogP contribution in [-0.2, 0) is 26.0 Å². The van der Waals surface area contributed by atoms with E-state index in [-0.39, 0.29) is 24.5 Å². The Morgan fingerprint density at radius 3 is 2.72 bits per heavy atom. The molecule has 2 atom stereocenters. The Kier molecular flexibility index (Phi) is 8.29. The Hall–Kier alpha value is -1.68. The van der Waals surface area contributed by atoms with E-state index in [1.165, 1.54) is 0 Å². The van der Waals surface area contributed by atoms with Crippen LogP contribution in [0.3, 0.4) is 0 Å². The van der Waals surface area contributed by atoms with Crippen molar-refractivity contribution in [1.29, 1.82) is 0 Å². The molecule has 0 aliphatic carbocycles. The Morgan fingerprint density at radius 1 is 1.21 bits per heavy atom. The summed E-state index contributed by atoms with van der Waals surface area (Å²) in [7, 11) is -3.39. The quantitative estimate of drug-likeness (QED) is 0.477. The molecule has 0 saturated carbocycles. The van der Waals surface area contributed by atoms with E-state index >= 15 is 0 Å². The molecular formula is C20H32N4O4S. The van der Waals surface area contributed by atoms with Crippen LogP contribution in [0.15, 0.2) is 35.3 Å². The number of benzene rings is 1. The van der Waals surface area contributed by atoms with Gasteiger partial charge < -0.3 is 19.7 Å². The van der Waals surface area contributed by atoms with Crippen molar-refractivity contribution in [1.82, 2.24) is 14.9 Å². The zero-order valence-corrected chi connectivity index (χ0v) is 17.9. The molecule has 2 heterocycles. The van der Waals surface area contributed by atoms with Gasteiger partial charge in [0.2, 0.25) is 10.0 Å². The van der Waals surface area contributed by atoms with Crippen LogP contribution in [0.4, 0.5) is 0 Å². The molecule has 8 nitrogen and oxygen atoms in total. The lowest BCUT2D eigenvalue weighted by Gasteiger charge is -2.37. The van der Waals surface area contributed by atoms with Crippen molar-refractivity contribution in [3.8, 4) is 0 Å². The van der Waals surface area contributed by atoms with Gasteiger partial charge in [0, 0.05) is 32.8 Å². The van der Waals surface area contributed by atoms with Crippen molar-refractivity contribution >= 4 is 16.0 Å². The van der Waals surface area contributed by atoms with Crippen LogP contribution in [-0.4, -0.2) is 76.6 Å². The first kappa shape index (κ1) is 22.0. The fourth-order valence-corrected chi connectivity index (χ4v) is 4.41. The second kappa shape index (κ2) is 10.9. The summed E-state index contributed by atoms with van der Waals surface area (Å²) in [5.74, 6) is 0.686. The summed E-state index contributed by atoms with van der Waals surface area (Å²) in [4.78, 5) is 6.70. The third kappa shape index (κ3) is 6.95. The molecule has 0 spiro atoms. The highest BCUT2D eigenvalue weighted by Gasteiger charge is 2.32. The molecule has 0 bridgehead atoms. The van der Waals surface area contributed by atoms with Crippen LogP contribution >= 0.6 is 0 Å². The molecule has 2 aliphatic rings. The summed E-state index contributed by atoms with van der Waals surface area (Å²) in [6.45, 7) is 6.07. The van der Waals surface area contributed by atoms with Crippen molar-refractivity contribution in [2.75, 3.05) is 45.1 Å². The van der Waals surface area contributed by atoms with E-state index in [0.717, 1.165) is 44.1 Å². The number of sulfonamides is 1. The summed E-state index contributed by atoms with van der Waals surface area (Å²) in [6, 6.07) is 9.48. The van der Waals surface area contributed by atoms with Crippen molar-refractivity contribution in [2.24, 2.45) is 4.99 Å². The third-order valence-electron chi connectivity index (χ3n) is 5.07. The van der Waals surface area contributed by atoms with E-state index in [2.05, 4.69) is 19.9 Å². The van der Waals surface area contributed by atoms with E-state index in [4.69, 9.17) is 9.47 Å². The predicted octanol–water partition coefficient (Wildman–Crippen LogP) is 0.951. The summed E-state index contributed by atoms with van der Waals surface area (Å²) in [5.41, 5.74) is 0.932. The Balaban J connectivity index is 1.52. The number of rotatable bonds is 8. The fourth-order valence-electron chi connectivity index (χ4n) is 3.55. The molecule has 9 heteroatoms. The maximum atomic E-state index is 12.3. The first-order valence-electron chi connectivity index (χ1n) is 10.3. The largest absolute Gasteiger partial charge is 0.375 e. The minimum atomic E-state index is -3.39. The van der Waals surface area contributed by atoms with E-state index in [0.29, 0.717) is 19.7 Å². The lowest BCUT2D eigenvalue weighted by molar-refractivity contribution is -0.0816. The zero-order valence-electron chi connectivity index (χ0n) is 17.0. The molecule has 2 unspecified atom stereocenters. The van der Waals surface area contributed by atoms with Gasteiger partial charge in [-0.25, -0.2) is 13.1 Å². The van der Waals surface area contributed by atoms with E-state index in [9.17, 15) is 8.42 Å². The number of morpholine rings is 1. The molecule has 1 aromatic carbocycles. The van der Waals surface area contributed by atoms with Crippen molar-refractivity contribution in [3.63, 3.8) is 0 Å². The van der Waals surface area contributed by atoms with Crippen molar-refractivity contribution < 1.29 is 17.9 Å². The van der Waals surface area contributed by atoms with Crippen LogP contribution in [0.5, 0.6) is 0 Å². The molecule has 0 aromatic heterocycles. The van der Waals surface area contributed by atoms with Crippen LogP contribution < -0.4 is 10.0 Å². The van der Waals surface area contributed by atoms with Crippen LogP contribution in [0.2, 0.25) is 0 Å². The lowest BCUT2D eigenvalue weighted by atomic mass is 10.1. The Bertz CT molecular complexity index is 751. The molecule has 2 aliphatic heterocycles. The van der Waals surface area contributed by atoms with Crippen LogP contribution in [0, 0.1) is 0 Å². The summed E-state index contributed by atoms with van der Waals surface area (Å²) in [6.07, 6.45) is 2.28. The van der Waals surface area contributed by atoms with E-state index < -0.39 is 10.0 Å². The number of guanidine groups is 1. The highest BCUT2D eigenvalue weighted by Crippen LogP contribution is 2.21. The van der Waals surface area contributed by atoms with Gasteiger partial charge in [0.25, 0.3) is 0 Å².